The number of carbonyl (C=O) groups excluding carboxylic acids is 2. The Bertz CT molecular complexity index is 740. The van der Waals surface area contributed by atoms with Gasteiger partial charge in [-0.15, -0.1) is 0 Å². The normalized spacial score (nSPS) is 10.4. The number of esters is 1. The number of nitrogens with one attached hydrogen (secondary N) is 1. The number of hydrogen-bond donors (Lipinski definition) is 1. The van der Waals surface area contributed by atoms with Crippen molar-refractivity contribution in [3.05, 3.63) is 59.7 Å². The molecule has 0 saturated carbocycles. The Morgan fingerprint density at radius 2 is 1.84 bits per heavy atom. The van der Waals surface area contributed by atoms with Crippen LogP contribution in [0.1, 0.15) is 42.6 Å². The molecule has 25 heavy (non-hydrogen) atoms. The molecule has 132 valence electrons. The van der Waals surface area contributed by atoms with Crippen LogP contribution < -0.4 is 10.1 Å². The Kier molecular flexibility index (Phi) is 6.57. The van der Waals surface area contributed by atoms with Gasteiger partial charge in [-0.05, 0) is 42.7 Å². The highest BCUT2D eigenvalue weighted by molar-refractivity contribution is 5.95. The third-order valence-corrected chi connectivity index (χ3v) is 3.56. The number of anilines is 1. The topological polar surface area (TPSA) is 64.6 Å². The van der Waals surface area contributed by atoms with Gasteiger partial charge in [0.05, 0.1) is 12.2 Å². The van der Waals surface area contributed by atoms with Crippen LogP contribution in [-0.2, 0) is 9.53 Å². The molecular formula is C20H23NO4. The molecule has 1 N–H and O–H groups in total. The molecule has 0 aliphatic carbocycles. The van der Waals surface area contributed by atoms with Gasteiger partial charge in [-0.2, -0.15) is 0 Å². The van der Waals surface area contributed by atoms with Gasteiger partial charge in [0.25, 0.3) is 5.91 Å². The van der Waals surface area contributed by atoms with Crippen molar-refractivity contribution in [3.8, 4) is 5.75 Å². The van der Waals surface area contributed by atoms with Crippen LogP contribution in [0.4, 0.5) is 5.69 Å². The lowest BCUT2D eigenvalue weighted by Crippen LogP contribution is -2.20. The lowest BCUT2D eigenvalue weighted by molar-refractivity contribution is -0.118. The minimum Gasteiger partial charge on any atom is -0.483 e. The Morgan fingerprint density at radius 3 is 2.56 bits per heavy atom. The van der Waals surface area contributed by atoms with E-state index >= 15 is 0 Å². The number of rotatable bonds is 7. The zero-order valence-corrected chi connectivity index (χ0v) is 14.7. The predicted octanol–water partition coefficient (Wildman–Crippen LogP) is 4.00. The minimum atomic E-state index is -0.416. The number of para-hydroxylation sites is 1. The van der Waals surface area contributed by atoms with E-state index in [4.69, 9.17) is 9.47 Å². The minimum absolute atomic E-state index is 0.104. The van der Waals surface area contributed by atoms with Crippen LogP contribution in [0, 0.1) is 0 Å². The molecule has 2 rings (SSSR count). The molecule has 0 saturated heterocycles. The van der Waals surface area contributed by atoms with Gasteiger partial charge >= 0.3 is 5.97 Å². The molecule has 0 aliphatic rings. The van der Waals surface area contributed by atoms with Crippen LogP contribution in [0.25, 0.3) is 0 Å². The fourth-order valence-corrected chi connectivity index (χ4v) is 2.37. The first-order valence-corrected chi connectivity index (χ1v) is 8.30. The summed E-state index contributed by atoms with van der Waals surface area (Å²) in [4.78, 5) is 23.9. The molecule has 0 radical (unpaired) electrons. The van der Waals surface area contributed by atoms with Crippen molar-refractivity contribution in [2.45, 2.75) is 26.7 Å². The Labute approximate surface area is 148 Å². The van der Waals surface area contributed by atoms with Crippen LogP contribution in [0.5, 0.6) is 5.75 Å². The number of carbonyl (C=O) groups is 2. The van der Waals surface area contributed by atoms with E-state index in [9.17, 15) is 9.59 Å². The zero-order valence-electron chi connectivity index (χ0n) is 14.7. The highest BCUT2D eigenvalue weighted by atomic mass is 16.5. The SMILES string of the molecule is CCOC(=O)c1cccc(NC(=O)COc2ccccc2C(C)C)c1. The molecule has 0 fully saturated rings. The van der Waals surface area contributed by atoms with Gasteiger partial charge in [-0.1, -0.05) is 38.1 Å². The Morgan fingerprint density at radius 1 is 1.08 bits per heavy atom. The molecule has 2 aromatic carbocycles. The predicted molar refractivity (Wildman–Crippen MR) is 97.1 cm³/mol. The molecule has 2 aromatic rings. The molecule has 0 unspecified atom stereocenters. The number of hydrogen-bond acceptors (Lipinski definition) is 4. The maximum Gasteiger partial charge on any atom is 0.338 e. The summed E-state index contributed by atoms with van der Waals surface area (Å²) in [6.07, 6.45) is 0. The third kappa shape index (κ3) is 5.35. The summed E-state index contributed by atoms with van der Waals surface area (Å²) in [7, 11) is 0. The van der Waals surface area contributed by atoms with Crippen molar-refractivity contribution in [1.82, 2.24) is 0 Å². The molecule has 0 heterocycles. The first kappa shape index (κ1) is 18.5. The van der Waals surface area contributed by atoms with Crippen molar-refractivity contribution < 1.29 is 19.1 Å². The lowest BCUT2D eigenvalue weighted by atomic mass is 10.0. The van der Waals surface area contributed by atoms with Crippen molar-refractivity contribution in [2.24, 2.45) is 0 Å². The van der Waals surface area contributed by atoms with Gasteiger partial charge in [0, 0.05) is 5.69 Å². The zero-order chi connectivity index (χ0) is 18.2. The third-order valence-electron chi connectivity index (χ3n) is 3.56. The van der Waals surface area contributed by atoms with Crippen molar-refractivity contribution >= 4 is 17.6 Å². The molecule has 0 aromatic heterocycles. The number of amides is 1. The maximum atomic E-state index is 12.1. The van der Waals surface area contributed by atoms with E-state index in [0.717, 1.165) is 5.56 Å². The van der Waals surface area contributed by atoms with Crippen LogP contribution in [0.2, 0.25) is 0 Å². The van der Waals surface area contributed by atoms with Gasteiger partial charge in [0.2, 0.25) is 0 Å². The summed E-state index contributed by atoms with van der Waals surface area (Å²) >= 11 is 0. The first-order valence-electron chi connectivity index (χ1n) is 8.30. The van der Waals surface area contributed by atoms with E-state index in [1.807, 2.05) is 24.3 Å². The van der Waals surface area contributed by atoms with E-state index in [0.29, 0.717) is 29.5 Å². The van der Waals surface area contributed by atoms with Crippen LogP contribution >= 0.6 is 0 Å². The largest absolute Gasteiger partial charge is 0.483 e. The highest BCUT2D eigenvalue weighted by Gasteiger charge is 2.11. The van der Waals surface area contributed by atoms with Crippen molar-refractivity contribution in [3.63, 3.8) is 0 Å². The fraction of sp³-hybridized carbons (Fsp3) is 0.300. The second-order valence-corrected chi connectivity index (χ2v) is 5.83. The van der Waals surface area contributed by atoms with E-state index in [1.54, 1.807) is 31.2 Å². The maximum absolute atomic E-state index is 12.1. The average Bonchev–Trinajstić information content (AvgIpc) is 2.60. The monoisotopic (exact) mass is 341 g/mol. The lowest BCUT2D eigenvalue weighted by Gasteiger charge is -2.14. The molecule has 5 heteroatoms. The number of ether oxygens (including phenoxy) is 2. The summed E-state index contributed by atoms with van der Waals surface area (Å²) in [6.45, 7) is 6.09. The van der Waals surface area contributed by atoms with Gasteiger partial charge in [-0.25, -0.2) is 4.79 Å². The molecule has 1 amide bonds. The van der Waals surface area contributed by atoms with Gasteiger partial charge in [-0.3, -0.25) is 4.79 Å². The molecule has 0 spiro atoms. The van der Waals surface area contributed by atoms with Gasteiger partial charge < -0.3 is 14.8 Å². The highest BCUT2D eigenvalue weighted by Crippen LogP contribution is 2.25. The van der Waals surface area contributed by atoms with Crippen molar-refractivity contribution in [2.75, 3.05) is 18.5 Å². The molecule has 0 bridgehead atoms. The molecular weight excluding hydrogens is 318 g/mol. The first-order chi connectivity index (χ1) is 12.0. The quantitative estimate of drug-likeness (QED) is 0.773. The summed E-state index contributed by atoms with van der Waals surface area (Å²) in [5.74, 6) is 0.300. The summed E-state index contributed by atoms with van der Waals surface area (Å²) < 4.78 is 10.6. The second kappa shape index (κ2) is 8.87. The Balaban J connectivity index is 1.97. The number of benzene rings is 2. The molecule has 0 aliphatic heterocycles. The van der Waals surface area contributed by atoms with Crippen LogP contribution in [0.15, 0.2) is 48.5 Å². The van der Waals surface area contributed by atoms with Gasteiger partial charge in [0.15, 0.2) is 6.61 Å². The average molecular weight is 341 g/mol. The van der Waals surface area contributed by atoms with Crippen LogP contribution in [-0.4, -0.2) is 25.1 Å². The summed E-state index contributed by atoms with van der Waals surface area (Å²) in [5, 5.41) is 2.73. The van der Waals surface area contributed by atoms with Crippen LogP contribution in [0.3, 0.4) is 0 Å². The Hall–Kier alpha value is -2.82. The fourth-order valence-electron chi connectivity index (χ4n) is 2.37. The summed E-state index contributed by atoms with van der Waals surface area (Å²) in [6, 6.07) is 14.3. The molecule has 5 nitrogen and oxygen atoms in total. The van der Waals surface area contributed by atoms with Gasteiger partial charge in [0.1, 0.15) is 5.75 Å². The van der Waals surface area contributed by atoms with E-state index in [-0.39, 0.29) is 12.5 Å². The van der Waals surface area contributed by atoms with E-state index < -0.39 is 5.97 Å². The second-order valence-electron chi connectivity index (χ2n) is 5.83. The van der Waals surface area contributed by atoms with E-state index in [2.05, 4.69) is 19.2 Å². The summed E-state index contributed by atoms with van der Waals surface area (Å²) in [5.41, 5.74) is 1.97. The standard InChI is InChI=1S/C20H23NO4/c1-4-24-20(23)15-8-7-9-16(12-15)21-19(22)13-25-18-11-6-5-10-17(18)14(2)3/h5-12,14H,4,13H2,1-3H3,(H,21,22). The van der Waals surface area contributed by atoms with Crippen molar-refractivity contribution in [1.29, 1.82) is 0 Å². The van der Waals surface area contributed by atoms with E-state index in [1.165, 1.54) is 0 Å². The smallest absolute Gasteiger partial charge is 0.338 e. The molecule has 0 atom stereocenters.